The van der Waals surface area contributed by atoms with Gasteiger partial charge in [0.05, 0.1) is 19.1 Å². The first-order chi connectivity index (χ1) is 7.31. The van der Waals surface area contributed by atoms with Gasteiger partial charge in [0.15, 0.2) is 0 Å². The first-order valence-corrected chi connectivity index (χ1v) is 5.36. The molecule has 0 aromatic carbocycles. The Kier molecular flexibility index (Phi) is 6.03. The predicted octanol–water partition coefficient (Wildman–Crippen LogP) is 0.250. The van der Waals surface area contributed by atoms with Crippen LogP contribution in [-0.4, -0.2) is 50.1 Å². The number of nitrogens with zero attached hydrogens (tertiary/aromatic N) is 1. The van der Waals surface area contributed by atoms with Gasteiger partial charge in [0, 0.05) is 20.1 Å². The summed E-state index contributed by atoms with van der Waals surface area (Å²) in [6.07, 6.45) is 0. The molecule has 0 aromatic rings. The number of likely N-dealkylation sites (N-methyl/N-ethyl adjacent to an activating group) is 1. The van der Waals surface area contributed by atoms with Crippen LogP contribution in [0.4, 0.5) is 0 Å². The van der Waals surface area contributed by atoms with Crippen LogP contribution in [0.1, 0.15) is 20.8 Å². The van der Waals surface area contributed by atoms with Gasteiger partial charge in [-0.3, -0.25) is 9.59 Å². The Morgan fingerprint density at radius 1 is 1.19 bits per heavy atom. The maximum atomic E-state index is 11.6. The minimum Gasteiger partial charge on any atom is -0.469 e. The van der Waals surface area contributed by atoms with Crippen molar-refractivity contribution in [1.82, 2.24) is 10.2 Å². The monoisotopic (exact) mass is 230 g/mol. The second-order valence-electron chi connectivity index (χ2n) is 4.22. The Labute approximate surface area is 97.1 Å². The van der Waals surface area contributed by atoms with Gasteiger partial charge < -0.3 is 15.0 Å². The average Bonchev–Trinajstić information content (AvgIpc) is 2.25. The zero-order valence-corrected chi connectivity index (χ0v) is 10.9. The molecule has 16 heavy (non-hydrogen) atoms. The van der Waals surface area contributed by atoms with Crippen molar-refractivity contribution in [2.45, 2.75) is 32.9 Å². The summed E-state index contributed by atoms with van der Waals surface area (Å²) in [5.41, 5.74) is 0. The zero-order valence-electron chi connectivity index (χ0n) is 10.9. The summed E-state index contributed by atoms with van der Waals surface area (Å²) in [5.74, 6) is -0.559. The third-order valence-corrected chi connectivity index (χ3v) is 2.65. The van der Waals surface area contributed by atoms with Crippen molar-refractivity contribution >= 4 is 11.9 Å². The molecule has 0 rings (SSSR count). The maximum Gasteiger partial charge on any atom is 0.309 e. The highest BCUT2D eigenvalue weighted by molar-refractivity contribution is 5.81. The summed E-state index contributed by atoms with van der Waals surface area (Å²) < 4.78 is 4.65. The number of carbonyl (C=O) groups excluding carboxylic acids is 2. The van der Waals surface area contributed by atoms with Crippen molar-refractivity contribution in [2.75, 3.05) is 21.2 Å². The molecule has 94 valence electrons. The quantitative estimate of drug-likeness (QED) is 0.688. The van der Waals surface area contributed by atoms with Crippen LogP contribution in [-0.2, 0) is 14.3 Å². The van der Waals surface area contributed by atoms with Gasteiger partial charge in [0.25, 0.3) is 0 Å². The van der Waals surface area contributed by atoms with Crippen LogP contribution in [0, 0.1) is 5.92 Å². The summed E-state index contributed by atoms with van der Waals surface area (Å²) in [6.45, 7) is 5.42. The number of methoxy groups -OCH3 is 1. The molecule has 0 bridgehead atoms. The minimum atomic E-state index is -0.308. The number of ether oxygens (including phenoxy) is 1. The van der Waals surface area contributed by atoms with Crippen LogP contribution < -0.4 is 5.32 Å². The van der Waals surface area contributed by atoms with Crippen molar-refractivity contribution in [3.8, 4) is 0 Å². The number of rotatable bonds is 5. The number of amides is 1. The van der Waals surface area contributed by atoms with E-state index in [2.05, 4.69) is 10.1 Å². The lowest BCUT2D eigenvalue weighted by molar-refractivity contribution is -0.146. The molecule has 0 aliphatic heterocycles. The van der Waals surface area contributed by atoms with E-state index in [4.69, 9.17) is 0 Å². The molecule has 0 aliphatic carbocycles. The molecule has 3 atom stereocenters. The summed E-state index contributed by atoms with van der Waals surface area (Å²) in [7, 11) is 4.77. The highest BCUT2D eigenvalue weighted by atomic mass is 16.5. The fourth-order valence-corrected chi connectivity index (χ4v) is 1.39. The van der Waals surface area contributed by atoms with Gasteiger partial charge in [-0.25, -0.2) is 0 Å². The van der Waals surface area contributed by atoms with Gasteiger partial charge in [-0.05, 0) is 13.8 Å². The Morgan fingerprint density at radius 3 is 2.06 bits per heavy atom. The fourth-order valence-electron chi connectivity index (χ4n) is 1.39. The number of esters is 1. The Hall–Kier alpha value is -1.10. The molecule has 0 heterocycles. The fraction of sp³-hybridized carbons (Fsp3) is 0.818. The van der Waals surface area contributed by atoms with Gasteiger partial charge in [-0.15, -0.1) is 0 Å². The van der Waals surface area contributed by atoms with E-state index < -0.39 is 0 Å². The van der Waals surface area contributed by atoms with Crippen LogP contribution >= 0.6 is 0 Å². The van der Waals surface area contributed by atoms with E-state index >= 15 is 0 Å². The summed E-state index contributed by atoms with van der Waals surface area (Å²) in [4.78, 5) is 24.4. The summed E-state index contributed by atoms with van der Waals surface area (Å²) in [5, 5.41) is 3.08. The molecule has 5 heteroatoms. The van der Waals surface area contributed by atoms with Crippen LogP contribution in [0.3, 0.4) is 0 Å². The van der Waals surface area contributed by atoms with Crippen molar-refractivity contribution in [2.24, 2.45) is 5.92 Å². The largest absolute Gasteiger partial charge is 0.469 e. The third-order valence-electron chi connectivity index (χ3n) is 2.65. The lowest BCUT2D eigenvalue weighted by atomic mass is 10.0. The molecule has 0 saturated heterocycles. The third kappa shape index (κ3) is 4.18. The highest BCUT2D eigenvalue weighted by Gasteiger charge is 2.24. The highest BCUT2D eigenvalue weighted by Crippen LogP contribution is 2.06. The standard InChI is InChI=1S/C11H22N2O3/c1-7(11(15)16-6)8(2)12-9(3)10(14)13(4)5/h7-9,12H,1-6H3. The summed E-state index contributed by atoms with van der Waals surface area (Å²) in [6, 6.07) is -0.413. The van der Waals surface area contributed by atoms with Crippen molar-refractivity contribution < 1.29 is 14.3 Å². The molecule has 0 spiro atoms. The van der Waals surface area contributed by atoms with Crippen LogP contribution in [0.2, 0.25) is 0 Å². The van der Waals surface area contributed by atoms with E-state index in [1.54, 1.807) is 27.9 Å². The second kappa shape index (κ2) is 6.48. The molecule has 1 amide bonds. The molecular weight excluding hydrogens is 208 g/mol. The molecule has 5 nitrogen and oxygen atoms in total. The molecule has 0 radical (unpaired) electrons. The predicted molar refractivity (Wildman–Crippen MR) is 61.9 cm³/mol. The first-order valence-electron chi connectivity index (χ1n) is 5.36. The Balaban J connectivity index is 4.28. The lowest BCUT2D eigenvalue weighted by Gasteiger charge is -2.24. The van der Waals surface area contributed by atoms with Gasteiger partial charge in [0.1, 0.15) is 0 Å². The van der Waals surface area contributed by atoms with Crippen LogP contribution in [0.25, 0.3) is 0 Å². The lowest BCUT2D eigenvalue weighted by Crippen LogP contribution is -2.48. The number of carbonyl (C=O) groups is 2. The number of nitrogens with one attached hydrogen (secondary N) is 1. The van der Waals surface area contributed by atoms with Gasteiger partial charge >= 0.3 is 5.97 Å². The van der Waals surface area contributed by atoms with Crippen LogP contribution in [0.15, 0.2) is 0 Å². The van der Waals surface area contributed by atoms with E-state index in [9.17, 15) is 9.59 Å². The smallest absolute Gasteiger partial charge is 0.309 e. The molecule has 0 saturated carbocycles. The molecule has 3 unspecified atom stereocenters. The molecular formula is C11H22N2O3. The van der Waals surface area contributed by atoms with Crippen molar-refractivity contribution in [3.05, 3.63) is 0 Å². The number of hydrogen-bond acceptors (Lipinski definition) is 4. The normalized spacial score (nSPS) is 16.1. The topological polar surface area (TPSA) is 58.6 Å². The Morgan fingerprint density at radius 2 is 1.69 bits per heavy atom. The van der Waals surface area contributed by atoms with E-state index in [1.807, 2.05) is 6.92 Å². The molecule has 0 aromatic heterocycles. The van der Waals surface area contributed by atoms with E-state index in [1.165, 1.54) is 12.0 Å². The maximum absolute atomic E-state index is 11.6. The van der Waals surface area contributed by atoms with Gasteiger partial charge in [-0.2, -0.15) is 0 Å². The summed E-state index contributed by atoms with van der Waals surface area (Å²) >= 11 is 0. The minimum absolute atomic E-state index is 0.0103. The molecule has 0 fully saturated rings. The first kappa shape index (κ1) is 14.9. The van der Waals surface area contributed by atoms with Crippen molar-refractivity contribution in [3.63, 3.8) is 0 Å². The average molecular weight is 230 g/mol. The SMILES string of the molecule is COC(=O)C(C)C(C)NC(C)C(=O)N(C)C. The van der Waals surface area contributed by atoms with Gasteiger partial charge in [0.2, 0.25) is 5.91 Å². The molecule has 1 N–H and O–H groups in total. The van der Waals surface area contributed by atoms with Crippen molar-refractivity contribution in [1.29, 1.82) is 0 Å². The Bertz CT molecular complexity index is 254. The van der Waals surface area contributed by atoms with Gasteiger partial charge in [-0.1, -0.05) is 6.92 Å². The molecule has 0 aliphatic rings. The number of hydrogen-bond donors (Lipinski definition) is 1. The van der Waals surface area contributed by atoms with E-state index in [-0.39, 0.29) is 29.9 Å². The zero-order chi connectivity index (χ0) is 12.9. The van der Waals surface area contributed by atoms with Crippen LogP contribution in [0.5, 0.6) is 0 Å². The second-order valence-corrected chi connectivity index (χ2v) is 4.22. The van der Waals surface area contributed by atoms with E-state index in [0.717, 1.165) is 0 Å². The van der Waals surface area contributed by atoms with E-state index in [0.29, 0.717) is 0 Å².